The van der Waals surface area contributed by atoms with E-state index in [1.54, 1.807) is 18.0 Å². The molecule has 0 spiro atoms. The molecular weight excluding hydrogens is 346 g/mol. The number of unbranched alkanes of at least 4 members (excludes halogenated alkanes) is 1. The number of hydrogen-bond acceptors (Lipinski definition) is 5. The number of nitrogens with zero attached hydrogens (tertiary/aromatic N) is 2. The Morgan fingerprint density at radius 3 is 2.88 bits per heavy atom. The molecule has 1 aromatic carbocycles. The van der Waals surface area contributed by atoms with Crippen LogP contribution in [0, 0.1) is 6.92 Å². The van der Waals surface area contributed by atoms with Crippen molar-refractivity contribution in [3.8, 4) is 5.75 Å². The molecular formula is C20H25N3O2S. The maximum atomic E-state index is 5.94. The maximum absolute atomic E-state index is 5.94. The molecule has 0 fully saturated rings. The molecule has 0 bridgehead atoms. The van der Waals surface area contributed by atoms with Gasteiger partial charge in [0.15, 0.2) is 11.4 Å². The molecule has 1 atom stereocenters. The summed E-state index contributed by atoms with van der Waals surface area (Å²) in [5, 5.41) is 0.898. The summed E-state index contributed by atoms with van der Waals surface area (Å²) in [6.07, 6.45) is 3.68. The molecule has 5 nitrogen and oxygen atoms in total. The first-order valence-corrected chi connectivity index (χ1v) is 9.96. The monoisotopic (exact) mass is 371 g/mol. The minimum absolute atomic E-state index is 0.265. The van der Waals surface area contributed by atoms with Crippen LogP contribution in [0.1, 0.15) is 37.9 Å². The Bertz CT molecular complexity index is 817. The van der Waals surface area contributed by atoms with Crippen molar-refractivity contribution in [2.45, 2.75) is 50.8 Å². The number of thioether (sulfide) groups is 1. The van der Waals surface area contributed by atoms with E-state index in [4.69, 9.17) is 9.47 Å². The molecule has 26 heavy (non-hydrogen) atoms. The van der Waals surface area contributed by atoms with Gasteiger partial charge < -0.3 is 14.5 Å². The second-order valence-corrected chi connectivity index (χ2v) is 7.10. The number of benzene rings is 1. The average Bonchev–Trinajstić information content (AvgIpc) is 3.05. The van der Waals surface area contributed by atoms with E-state index in [9.17, 15) is 0 Å². The SMILES string of the molecule is CCCCOC(C)Oc1ccnc(CSc2nc3ccccc3[nH]2)c1C. The molecule has 1 unspecified atom stereocenters. The van der Waals surface area contributed by atoms with Crippen molar-refractivity contribution in [1.29, 1.82) is 0 Å². The van der Waals surface area contributed by atoms with Gasteiger partial charge in [0.05, 0.1) is 23.3 Å². The summed E-state index contributed by atoms with van der Waals surface area (Å²) >= 11 is 1.64. The second kappa shape index (κ2) is 9.05. The Morgan fingerprint density at radius 1 is 1.23 bits per heavy atom. The molecule has 0 radical (unpaired) electrons. The van der Waals surface area contributed by atoms with Gasteiger partial charge in [0, 0.05) is 17.5 Å². The fraction of sp³-hybridized carbons (Fsp3) is 0.400. The highest BCUT2D eigenvalue weighted by Crippen LogP contribution is 2.27. The third-order valence-corrected chi connectivity index (χ3v) is 5.00. The summed E-state index contributed by atoms with van der Waals surface area (Å²) in [5.74, 6) is 1.55. The fourth-order valence-corrected chi connectivity index (χ4v) is 3.48. The van der Waals surface area contributed by atoms with Crippen LogP contribution in [0.4, 0.5) is 0 Å². The van der Waals surface area contributed by atoms with Gasteiger partial charge in [0.25, 0.3) is 0 Å². The number of H-pyrrole nitrogens is 1. The van der Waals surface area contributed by atoms with Crippen molar-refractivity contribution < 1.29 is 9.47 Å². The van der Waals surface area contributed by atoms with Gasteiger partial charge in [-0.1, -0.05) is 37.2 Å². The van der Waals surface area contributed by atoms with Gasteiger partial charge >= 0.3 is 0 Å². The van der Waals surface area contributed by atoms with Crippen molar-refractivity contribution in [3.05, 3.63) is 47.8 Å². The lowest BCUT2D eigenvalue weighted by Crippen LogP contribution is -2.17. The molecule has 138 valence electrons. The number of ether oxygens (including phenoxy) is 2. The predicted octanol–water partition coefficient (Wildman–Crippen LogP) is 5.10. The van der Waals surface area contributed by atoms with Gasteiger partial charge in [-0.3, -0.25) is 4.98 Å². The number of pyridine rings is 1. The summed E-state index contributed by atoms with van der Waals surface area (Å²) in [5.41, 5.74) is 4.07. The Kier molecular flexibility index (Phi) is 6.52. The normalized spacial score (nSPS) is 12.4. The Labute approximate surface area is 158 Å². The third kappa shape index (κ3) is 4.77. The van der Waals surface area contributed by atoms with E-state index in [1.165, 1.54) is 0 Å². The van der Waals surface area contributed by atoms with Crippen LogP contribution in [-0.2, 0) is 10.5 Å². The molecule has 0 aliphatic carbocycles. The van der Waals surface area contributed by atoms with Crippen LogP contribution >= 0.6 is 11.8 Å². The van der Waals surface area contributed by atoms with E-state index in [0.717, 1.165) is 58.4 Å². The summed E-state index contributed by atoms with van der Waals surface area (Å²) in [4.78, 5) is 12.4. The number of para-hydroxylation sites is 2. The molecule has 0 saturated carbocycles. The number of aromatic nitrogens is 3. The van der Waals surface area contributed by atoms with Crippen molar-refractivity contribution in [3.63, 3.8) is 0 Å². The number of aromatic amines is 1. The quantitative estimate of drug-likeness (QED) is 0.322. The molecule has 1 N–H and O–H groups in total. The molecule has 0 aliphatic heterocycles. The van der Waals surface area contributed by atoms with E-state index in [-0.39, 0.29) is 6.29 Å². The van der Waals surface area contributed by atoms with Gasteiger partial charge in [-0.25, -0.2) is 4.98 Å². The molecule has 2 aromatic heterocycles. The van der Waals surface area contributed by atoms with Crippen LogP contribution in [0.3, 0.4) is 0 Å². The highest BCUT2D eigenvalue weighted by atomic mass is 32.2. The molecule has 3 rings (SSSR count). The topological polar surface area (TPSA) is 60.0 Å². The number of fused-ring (bicyclic) bond motifs is 1. The van der Waals surface area contributed by atoms with Crippen molar-refractivity contribution >= 4 is 22.8 Å². The lowest BCUT2D eigenvalue weighted by atomic mass is 10.2. The average molecular weight is 372 g/mol. The van der Waals surface area contributed by atoms with Crippen LogP contribution in [-0.4, -0.2) is 27.8 Å². The number of rotatable bonds is 9. The Balaban J connectivity index is 1.63. The van der Waals surface area contributed by atoms with Crippen molar-refractivity contribution in [2.24, 2.45) is 0 Å². The summed E-state index contributed by atoms with van der Waals surface area (Å²) in [7, 11) is 0. The van der Waals surface area contributed by atoms with Gasteiger partial charge in [-0.2, -0.15) is 0 Å². The standard InChI is InChI=1S/C20H25N3O2S/c1-4-5-12-24-15(3)25-19-10-11-21-18(14(19)2)13-26-20-22-16-8-6-7-9-17(16)23-20/h6-11,15H,4-5,12-13H2,1-3H3,(H,22,23). The van der Waals surface area contributed by atoms with Gasteiger partial charge in [-0.05, 0) is 38.5 Å². The first-order valence-electron chi connectivity index (χ1n) is 8.97. The summed E-state index contributed by atoms with van der Waals surface area (Å²) in [6, 6.07) is 9.93. The zero-order valence-corrected chi connectivity index (χ0v) is 16.3. The van der Waals surface area contributed by atoms with Crippen LogP contribution in [0.25, 0.3) is 11.0 Å². The third-order valence-electron chi connectivity index (χ3n) is 4.12. The zero-order chi connectivity index (χ0) is 18.4. The highest BCUT2D eigenvalue weighted by molar-refractivity contribution is 7.98. The Hall–Kier alpha value is -2.05. The van der Waals surface area contributed by atoms with E-state index >= 15 is 0 Å². The molecule has 6 heteroatoms. The Morgan fingerprint density at radius 2 is 2.08 bits per heavy atom. The predicted molar refractivity (Wildman–Crippen MR) is 106 cm³/mol. The summed E-state index contributed by atoms with van der Waals surface area (Å²) < 4.78 is 11.6. The highest BCUT2D eigenvalue weighted by Gasteiger charge is 2.12. The van der Waals surface area contributed by atoms with Crippen LogP contribution < -0.4 is 4.74 Å². The minimum Gasteiger partial charge on any atom is -0.465 e. The van der Waals surface area contributed by atoms with Crippen LogP contribution in [0.2, 0.25) is 0 Å². The fourth-order valence-electron chi connectivity index (χ4n) is 2.57. The first kappa shape index (κ1) is 18.7. The van der Waals surface area contributed by atoms with Crippen molar-refractivity contribution in [2.75, 3.05) is 6.61 Å². The van der Waals surface area contributed by atoms with Crippen LogP contribution in [0.15, 0.2) is 41.7 Å². The van der Waals surface area contributed by atoms with E-state index in [1.807, 2.05) is 44.2 Å². The zero-order valence-electron chi connectivity index (χ0n) is 15.5. The lowest BCUT2D eigenvalue weighted by Gasteiger charge is -2.17. The smallest absolute Gasteiger partial charge is 0.196 e. The minimum atomic E-state index is -0.265. The molecule has 3 aromatic rings. The van der Waals surface area contributed by atoms with E-state index < -0.39 is 0 Å². The van der Waals surface area contributed by atoms with E-state index in [2.05, 4.69) is 21.9 Å². The number of hydrogen-bond donors (Lipinski definition) is 1. The second-order valence-electron chi connectivity index (χ2n) is 6.14. The first-order chi connectivity index (χ1) is 12.7. The molecule has 0 aliphatic rings. The molecule has 0 amide bonds. The largest absolute Gasteiger partial charge is 0.465 e. The molecule has 0 saturated heterocycles. The lowest BCUT2D eigenvalue weighted by molar-refractivity contribution is -0.0677. The number of imidazole rings is 1. The maximum Gasteiger partial charge on any atom is 0.196 e. The van der Waals surface area contributed by atoms with Crippen LogP contribution in [0.5, 0.6) is 5.75 Å². The van der Waals surface area contributed by atoms with Gasteiger partial charge in [0.1, 0.15) is 5.75 Å². The molecule has 2 heterocycles. The van der Waals surface area contributed by atoms with E-state index in [0.29, 0.717) is 0 Å². The summed E-state index contributed by atoms with van der Waals surface area (Å²) in [6.45, 7) is 6.83. The van der Waals surface area contributed by atoms with Gasteiger partial charge in [-0.15, -0.1) is 0 Å². The van der Waals surface area contributed by atoms with Crippen molar-refractivity contribution in [1.82, 2.24) is 15.0 Å². The number of nitrogens with one attached hydrogen (secondary N) is 1. The van der Waals surface area contributed by atoms with Gasteiger partial charge in [0.2, 0.25) is 0 Å².